The van der Waals surface area contributed by atoms with E-state index in [1.165, 1.54) is 12.0 Å². The molecular formula is C22H27N3O5S. The Morgan fingerprint density at radius 2 is 2.06 bits per heavy atom. The molecule has 1 aliphatic heterocycles. The van der Waals surface area contributed by atoms with Crippen molar-refractivity contribution in [2.45, 2.75) is 19.9 Å². The summed E-state index contributed by atoms with van der Waals surface area (Å²) in [6.07, 6.45) is 0.0985. The van der Waals surface area contributed by atoms with Gasteiger partial charge in [0, 0.05) is 30.5 Å². The summed E-state index contributed by atoms with van der Waals surface area (Å²) in [5.41, 5.74) is 0.598. The van der Waals surface area contributed by atoms with Crippen LogP contribution in [0.4, 0.5) is 5.69 Å². The molecule has 0 radical (unpaired) electrons. The summed E-state index contributed by atoms with van der Waals surface area (Å²) in [5.74, 6) is 0.0368. The number of rotatable bonds is 9. The standard InChI is InChI=1S/C22H27N3O5S/c1-4-24(14-20(26)23-12-17-6-5-9-31-17)22(28)15-10-21(27)25(13-15)18-8-7-16(29-2)11-19(18)30-3/h5-9,11,15H,4,10,12-14H2,1-3H3,(H,23,26)/t15-/m1/s1. The van der Waals surface area contributed by atoms with E-state index in [1.807, 2.05) is 24.4 Å². The van der Waals surface area contributed by atoms with Gasteiger partial charge < -0.3 is 24.6 Å². The Morgan fingerprint density at radius 3 is 2.71 bits per heavy atom. The Labute approximate surface area is 185 Å². The number of thiophene rings is 1. The average Bonchev–Trinajstić information content (AvgIpc) is 3.44. The van der Waals surface area contributed by atoms with Crippen LogP contribution in [0.15, 0.2) is 35.7 Å². The fourth-order valence-electron chi connectivity index (χ4n) is 3.55. The number of hydrogen-bond donors (Lipinski definition) is 1. The molecular weight excluding hydrogens is 418 g/mol. The van der Waals surface area contributed by atoms with Gasteiger partial charge in [0.2, 0.25) is 17.7 Å². The third kappa shape index (κ3) is 5.35. The van der Waals surface area contributed by atoms with Crippen molar-refractivity contribution >= 4 is 34.7 Å². The fourth-order valence-corrected chi connectivity index (χ4v) is 4.19. The molecule has 8 nitrogen and oxygen atoms in total. The van der Waals surface area contributed by atoms with Gasteiger partial charge in [-0.3, -0.25) is 14.4 Å². The minimum absolute atomic E-state index is 0.0305. The molecule has 1 saturated heterocycles. The molecule has 166 valence electrons. The summed E-state index contributed by atoms with van der Waals surface area (Å²) in [6.45, 7) is 2.87. The van der Waals surface area contributed by atoms with E-state index < -0.39 is 5.92 Å². The van der Waals surface area contributed by atoms with Crippen LogP contribution in [-0.4, -0.2) is 56.5 Å². The molecule has 9 heteroatoms. The highest BCUT2D eigenvalue weighted by molar-refractivity contribution is 7.09. The third-order valence-electron chi connectivity index (χ3n) is 5.22. The topological polar surface area (TPSA) is 88.2 Å². The zero-order chi connectivity index (χ0) is 22.4. The van der Waals surface area contributed by atoms with Gasteiger partial charge in [-0.1, -0.05) is 6.07 Å². The van der Waals surface area contributed by atoms with Crippen molar-refractivity contribution < 1.29 is 23.9 Å². The molecule has 1 aromatic carbocycles. The normalized spacial score (nSPS) is 15.6. The van der Waals surface area contributed by atoms with Gasteiger partial charge in [0.15, 0.2) is 0 Å². The van der Waals surface area contributed by atoms with E-state index in [-0.39, 0.29) is 37.2 Å². The van der Waals surface area contributed by atoms with E-state index in [0.29, 0.717) is 30.3 Å². The van der Waals surface area contributed by atoms with Gasteiger partial charge in [-0.2, -0.15) is 0 Å². The molecule has 0 bridgehead atoms. The van der Waals surface area contributed by atoms with Crippen molar-refractivity contribution in [1.29, 1.82) is 0 Å². The highest BCUT2D eigenvalue weighted by Gasteiger charge is 2.38. The van der Waals surface area contributed by atoms with Crippen molar-refractivity contribution in [1.82, 2.24) is 10.2 Å². The number of anilines is 1. The lowest BCUT2D eigenvalue weighted by Crippen LogP contribution is -2.43. The van der Waals surface area contributed by atoms with Crippen molar-refractivity contribution in [3.63, 3.8) is 0 Å². The SMILES string of the molecule is CCN(CC(=O)NCc1cccs1)C(=O)[C@@H]1CC(=O)N(c2ccc(OC)cc2OC)C1. The molecule has 3 amide bonds. The van der Waals surface area contributed by atoms with Crippen LogP contribution in [0.3, 0.4) is 0 Å². The zero-order valence-corrected chi connectivity index (χ0v) is 18.7. The number of carbonyl (C=O) groups excluding carboxylic acids is 3. The molecule has 0 spiro atoms. The van der Waals surface area contributed by atoms with E-state index in [2.05, 4.69) is 5.32 Å². The van der Waals surface area contributed by atoms with Crippen LogP contribution in [0, 0.1) is 5.92 Å². The van der Waals surface area contributed by atoms with Crippen LogP contribution in [0.5, 0.6) is 11.5 Å². The molecule has 2 aromatic rings. The molecule has 3 rings (SSSR count). The number of amides is 3. The molecule has 0 saturated carbocycles. The fraction of sp³-hybridized carbons (Fsp3) is 0.409. The number of carbonyl (C=O) groups is 3. The Bertz CT molecular complexity index is 931. The van der Waals surface area contributed by atoms with E-state index in [1.54, 1.807) is 41.5 Å². The quantitative estimate of drug-likeness (QED) is 0.640. The van der Waals surface area contributed by atoms with Crippen molar-refractivity contribution in [2.75, 3.05) is 38.8 Å². The molecule has 31 heavy (non-hydrogen) atoms. The molecule has 1 N–H and O–H groups in total. The number of likely N-dealkylation sites (N-methyl/N-ethyl adjacent to an activating group) is 1. The predicted molar refractivity (Wildman–Crippen MR) is 118 cm³/mol. The van der Waals surface area contributed by atoms with Crippen LogP contribution in [0.1, 0.15) is 18.2 Å². The van der Waals surface area contributed by atoms with Crippen LogP contribution < -0.4 is 19.7 Å². The smallest absolute Gasteiger partial charge is 0.239 e. The van der Waals surface area contributed by atoms with E-state index in [0.717, 1.165) is 4.88 Å². The number of hydrogen-bond acceptors (Lipinski definition) is 6. The molecule has 2 heterocycles. The number of ether oxygens (including phenoxy) is 2. The highest BCUT2D eigenvalue weighted by Crippen LogP contribution is 2.36. The van der Waals surface area contributed by atoms with Crippen LogP contribution in [-0.2, 0) is 20.9 Å². The maximum Gasteiger partial charge on any atom is 0.239 e. The lowest BCUT2D eigenvalue weighted by atomic mass is 10.1. The molecule has 0 unspecified atom stereocenters. The minimum Gasteiger partial charge on any atom is -0.497 e. The van der Waals surface area contributed by atoms with Crippen LogP contribution in [0.2, 0.25) is 0 Å². The maximum atomic E-state index is 13.0. The van der Waals surface area contributed by atoms with Gasteiger partial charge in [0.05, 0.1) is 38.9 Å². The second-order valence-electron chi connectivity index (χ2n) is 7.15. The first-order valence-electron chi connectivity index (χ1n) is 10.1. The van der Waals surface area contributed by atoms with Gasteiger partial charge in [0.25, 0.3) is 0 Å². The number of methoxy groups -OCH3 is 2. The van der Waals surface area contributed by atoms with E-state index in [4.69, 9.17) is 9.47 Å². The van der Waals surface area contributed by atoms with Crippen LogP contribution in [0.25, 0.3) is 0 Å². The van der Waals surface area contributed by atoms with Gasteiger partial charge in [0.1, 0.15) is 11.5 Å². The van der Waals surface area contributed by atoms with E-state index in [9.17, 15) is 14.4 Å². The zero-order valence-electron chi connectivity index (χ0n) is 17.9. The average molecular weight is 446 g/mol. The monoisotopic (exact) mass is 445 g/mol. The summed E-state index contributed by atoms with van der Waals surface area (Å²) in [7, 11) is 3.08. The molecule has 1 atom stereocenters. The summed E-state index contributed by atoms with van der Waals surface area (Å²) < 4.78 is 10.6. The summed E-state index contributed by atoms with van der Waals surface area (Å²) >= 11 is 1.56. The largest absolute Gasteiger partial charge is 0.497 e. The van der Waals surface area contributed by atoms with Gasteiger partial charge >= 0.3 is 0 Å². The molecule has 1 fully saturated rings. The first kappa shape index (κ1) is 22.6. The number of nitrogens with zero attached hydrogens (tertiary/aromatic N) is 2. The summed E-state index contributed by atoms with van der Waals surface area (Å²) in [6, 6.07) is 9.07. The first-order valence-corrected chi connectivity index (χ1v) is 10.9. The highest BCUT2D eigenvalue weighted by atomic mass is 32.1. The van der Waals surface area contributed by atoms with Crippen molar-refractivity contribution in [2.24, 2.45) is 5.92 Å². The second kappa shape index (κ2) is 10.3. The van der Waals surface area contributed by atoms with Gasteiger partial charge in [-0.25, -0.2) is 0 Å². The van der Waals surface area contributed by atoms with Gasteiger partial charge in [-0.05, 0) is 30.5 Å². The minimum atomic E-state index is -0.510. The Morgan fingerprint density at radius 1 is 1.26 bits per heavy atom. The lowest BCUT2D eigenvalue weighted by molar-refractivity contribution is -0.139. The number of benzene rings is 1. The molecule has 1 aliphatic rings. The third-order valence-corrected chi connectivity index (χ3v) is 6.10. The number of nitrogens with one attached hydrogen (secondary N) is 1. The van der Waals surface area contributed by atoms with Gasteiger partial charge in [-0.15, -0.1) is 11.3 Å². The first-order chi connectivity index (χ1) is 15.0. The Hall–Kier alpha value is -3.07. The van der Waals surface area contributed by atoms with Crippen molar-refractivity contribution in [3.8, 4) is 11.5 Å². The molecule has 1 aromatic heterocycles. The van der Waals surface area contributed by atoms with Crippen molar-refractivity contribution in [3.05, 3.63) is 40.6 Å². The Kier molecular flexibility index (Phi) is 7.51. The predicted octanol–water partition coefficient (Wildman–Crippen LogP) is 2.28. The maximum absolute atomic E-state index is 13.0. The lowest BCUT2D eigenvalue weighted by Gasteiger charge is -2.24. The second-order valence-corrected chi connectivity index (χ2v) is 8.18. The van der Waals surface area contributed by atoms with E-state index >= 15 is 0 Å². The summed E-state index contributed by atoms with van der Waals surface area (Å²) in [4.78, 5) is 42.1. The van der Waals surface area contributed by atoms with Crippen LogP contribution >= 0.6 is 11.3 Å². The Balaban J connectivity index is 1.63. The molecule has 0 aliphatic carbocycles. The summed E-state index contributed by atoms with van der Waals surface area (Å²) in [5, 5.41) is 4.78.